The van der Waals surface area contributed by atoms with E-state index in [9.17, 15) is 4.79 Å². The molecule has 1 unspecified atom stereocenters. The van der Waals surface area contributed by atoms with Crippen LogP contribution in [0.15, 0.2) is 22.8 Å². The van der Waals surface area contributed by atoms with Crippen molar-refractivity contribution >= 4 is 22.0 Å². The molecule has 6 heteroatoms. The van der Waals surface area contributed by atoms with Crippen molar-refractivity contribution in [2.24, 2.45) is 0 Å². The Morgan fingerprint density at radius 2 is 2.23 bits per heavy atom. The van der Waals surface area contributed by atoms with Gasteiger partial charge in [-0.2, -0.15) is 0 Å². The van der Waals surface area contributed by atoms with Gasteiger partial charge in [0.1, 0.15) is 6.10 Å². The van der Waals surface area contributed by atoms with Crippen LogP contribution in [-0.2, 0) is 16.1 Å². The van der Waals surface area contributed by atoms with Crippen molar-refractivity contribution in [1.82, 2.24) is 9.88 Å². The zero-order valence-corrected chi connectivity index (χ0v) is 14.7. The van der Waals surface area contributed by atoms with Gasteiger partial charge < -0.3 is 14.4 Å². The number of amides is 1. The molecule has 0 aliphatic carbocycles. The molecule has 1 fully saturated rings. The van der Waals surface area contributed by atoms with Crippen LogP contribution in [0.5, 0.6) is 0 Å². The molecule has 1 amide bonds. The van der Waals surface area contributed by atoms with Crippen LogP contribution >= 0.6 is 15.9 Å². The number of pyridine rings is 1. The van der Waals surface area contributed by atoms with Crippen LogP contribution in [0.1, 0.15) is 38.8 Å². The van der Waals surface area contributed by atoms with Crippen molar-refractivity contribution in [3.05, 3.63) is 28.5 Å². The van der Waals surface area contributed by atoms with Crippen LogP contribution in [0.4, 0.5) is 4.79 Å². The standard InChI is InChI=1S/C16H23BrN2O3/c1-3-12(2)22-16(20)19-9-6-13(7-10-19)21-11-15-14(17)5-4-8-18-15/h4-5,8,12-13H,3,6-7,9-11H2,1-2H3. The second kappa shape index (κ2) is 8.48. The summed E-state index contributed by atoms with van der Waals surface area (Å²) in [5.74, 6) is 0. The number of hydrogen-bond acceptors (Lipinski definition) is 4. The molecular weight excluding hydrogens is 348 g/mol. The van der Waals surface area contributed by atoms with Gasteiger partial charge in [-0.05, 0) is 54.2 Å². The maximum absolute atomic E-state index is 11.9. The summed E-state index contributed by atoms with van der Waals surface area (Å²) in [5.41, 5.74) is 0.904. The fraction of sp³-hybridized carbons (Fsp3) is 0.625. The van der Waals surface area contributed by atoms with E-state index < -0.39 is 0 Å². The highest BCUT2D eigenvalue weighted by atomic mass is 79.9. The van der Waals surface area contributed by atoms with Gasteiger partial charge in [-0.25, -0.2) is 4.79 Å². The third-order valence-electron chi connectivity index (χ3n) is 3.87. The molecule has 2 heterocycles. The van der Waals surface area contributed by atoms with E-state index in [0.29, 0.717) is 19.7 Å². The largest absolute Gasteiger partial charge is 0.446 e. The Bertz CT molecular complexity index is 490. The summed E-state index contributed by atoms with van der Waals surface area (Å²) in [7, 11) is 0. The molecule has 0 saturated carbocycles. The van der Waals surface area contributed by atoms with E-state index in [0.717, 1.165) is 29.4 Å². The molecule has 1 atom stereocenters. The van der Waals surface area contributed by atoms with Crippen molar-refractivity contribution in [2.75, 3.05) is 13.1 Å². The molecule has 2 rings (SSSR count). The molecule has 1 aliphatic rings. The van der Waals surface area contributed by atoms with E-state index in [2.05, 4.69) is 20.9 Å². The van der Waals surface area contributed by atoms with Gasteiger partial charge in [-0.15, -0.1) is 0 Å². The van der Waals surface area contributed by atoms with Crippen molar-refractivity contribution < 1.29 is 14.3 Å². The van der Waals surface area contributed by atoms with Crippen molar-refractivity contribution in [2.45, 2.75) is 51.9 Å². The van der Waals surface area contributed by atoms with Crippen LogP contribution in [0.3, 0.4) is 0 Å². The van der Waals surface area contributed by atoms with Crippen molar-refractivity contribution in [3.8, 4) is 0 Å². The van der Waals surface area contributed by atoms with Gasteiger partial charge in [0, 0.05) is 23.8 Å². The molecule has 1 aromatic heterocycles. The SMILES string of the molecule is CCC(C)OC(=O)N1CCC(OCc2ncccc2Br)CC1. The number of likely N-dealkylation sites (tertiary alicyclic amines) is 1. The minimum Gasteiger partial charge on any atom is -0.446 e. The fourth-order valence-electron chi connectivity index (χ4n) is 2.26. The highest BCUT2D eigenvalue weighted by Gasteiger charge is 2.25. The lowest BCUT2D eigenvalue weighted by molar-refractivity contribution is -0.00854. The minimum atomic E-state index is -0.208. The number of carbonyl (C=O) groups excluding carboxylic acids is 1. The second-order valence-corrected chi connectivity index (χ2v) is 6.39. The number of carbonyl (C=O) groups is 1. The summed E-state index contributed by atoms with van der Waals surface area (Å²) in [6.07, 6.45) is 4.20. The lowest BCUT2D eigenvalue weighted by Gasteiger charge is -2.32. The van der Waals surface area contributed by atoms with Gasteiger partial charge in [0.15, 0.2) is 0 Å². The Balaban J connectivity index is 1.73. The Morgan fingerprint density at radius 1 is 1.50 bits per heavy atom. The van der Waals surface area contributed by atoms with E-state index in [4.69, 9.17) is 9.47 Å². The third-order valence-corrected chi connectivity index (χ3v) is 4.59. The lowest BCUT2D eigenvalue weighted by atomic mass is 10.1. The topological polar surface area (TPSA) is 51.7 Å². The van der Waals surface area contributed by atoms with Gasteiger partial charge in [-0.1, -0.05) is 6.92 Å². The number of piperidine rings is 1. The van der Waals surface area contributed by atoms with Crippen LogP contribution in [-0.4, -0.2) is 41.3 Å². The Hall–Kier alpha value is -1.14. The summed E-state index contributed by atoms with van der Waals surface area (Å²) in [6, 6.07) is 3.84. The van der Waals surface area contributed by atoms with E-state index >= 15 is 0 Å². The number of nitrogens with zero attached hydrogens (tertiary/aromatic N) is 2. The minimum absolute atomic E-state index is 0.0250. The van der Waals surface area contributed by atoms with Crippen LogP contribution in [0, 0.1) is 0 Å². The Kier molecular flexibility index (Phi) is 6.64. The Morgan fingerprint density at radius 3 is 2.86 bits per heavy atom. The normalized spacial score (nSPS) is 17.3. The lowest BCUT2D eigenvalue weighted by Crippen LogP contribution is -2.42. The highest BCUT2D eigenvalue weighted by Crippen LogP contribution is 2.19. The van der Waals surface area contributed by atoms with Gasteiger partial charge >= 0.3 is 6.09 Å². The van der Waals surface area contributed by atoms with Crippen LogP contribution < -0.4 is 0 Å². The number of rotatable bonds is 5. The first-order chi connectivity index (χ1) is 10.6. The molecule has 0 aromatic carbocycles. The van der Waals surface area contributed by atoms with E-state index in [1.165, 1.54) is 0 Å². The molecule has 1 aromatic rings. The summed E-state index contributed by atoms with van der Waals surface area (Å²) >= 11 is 3.47. The number of aromatic nitrogens is 1. The van der Waals surface area contributed by atoms with E-state index in [1.807, 2.05) is 26.0 Å². The first kappa shape index (κ1) is 17.2. The maximum atomic E-state index is 11.9. The predicted octanol–water partition coefficient (Wildman–Crippen LogP) is 3.76. The maximum Gasteiger partial charge on any atom is 0.410 e. The zero-order chi connectivity index (χ0) is 15.9. The number of halogens is 1. The Labute approximate surface area is 140 Å². The summed E-state index contributed by atoms with van der Waals surface area (Å²) in [4.78, 5) is 18.0. The first-order valence-electron chi connectivity index (χ1n) is 7.76. The molecule has 0 spiro atoms. The molecule has 0 bridgehead atoms. The first-order valence-corrected chi connectivity index (χ1v) is 8.56. The van der Waals surface area contributed by atoms with Crippen molar-refractivity contribution in [1.29, 1.82) is 0 Å². The average molecular weight is 371 g/mol. The van der Waals surface area contributed by atoms with Crippen LogP contribution in [0.25, 0.3) is 0 Å². The summed E-state index contributed by atoms with van der Waals surface area (Å²) < 4.78 is 12.2. The number of ether oxygens (including phenoxy) is 2. The quantitative estimate of drug-likeness (QED) is 0.791. The van der Waals surface area contributed by atoms with E-state index in [-0.39, 0.29) is 18.3 Å². The molecule has 5 nitrogen and oxygen atoms in total. The summed E-state index contributed by atoms with van der Waals surface area (Å²) in [5, 5.41) is 0. The molecule has 0 N–H and O–H groups in total. The monoisotopic (exact) mass is 370 g/mol. The smallest absolute Gasteiger partial charge is 0.410 e. The van der Waals surface area contributed by atoms with Gasteiger partial charge in [0.2, 0.25) is 0 Å². The van der Waals surface area contributed by atoms with Crippen LogP contribution in [0.2, 0.25) is 0 Å². The van der Waals surface area contributed by atoms with Gasteiger partial charge in [-0.3, -0.25) is 4.98 Å². The third kappa shape index (κ3) is 4.95. The second-order valence-electron chi connectivity index (χ2n) is 5.53. The van der Waals surface area contributed by atoms with Gasteiger partial charge in [0.25, 0.3) is 0 Å². The van der Waals surface area contributed by atoms with Gasteiger partial charge in [0.05, 0.1) is 18.4 Å². The molecule has 0 radical (unpaired) electrons. The molecule has 122 valence electrons. The molecule has 22 heavy (non-hydrogen) atoms. The van der Waals surface area contributed by atoms with Crippen molar-refractivity contribution in [3.63, 3.8) is 0 Å². The highest BCUT2D eigenvalue weighted by molar-refractivity contribution is 9.10. The zero-order valence-electron chi connectivity index (χ0n) is 13.1. The average Bonchev–Trinajstić information content (AvgIpc) is 2.54. The molecular formula is C16H23BrN2O3. The predicted molar refractivity (Wildman–Crippen MR) is 87.6 cm³/mol. The molecule has 1 aliphatic heterocycles. The fourth-order valence-corrected chi connectivity index (χ4v) is 2.63. The van der Waals surface area contributed by atoms with E-state index in [1.54, 1.807) is 11.1 Å². The number of hydrogen-bond donors (Lipinski definition) is 0. The molecule has 1 saturated heterocycles. The summed E-state index contributed by atoms with van der Waals surface area (Å²) in [6.45, 7) is 5.78.